The Morgan fingerprint density at radius 2 is 2.36 bits per heavy atom. The Labute approximate surface area is 65.1 Å². The summed E-state index contributed by atoms with van der Waals surface area (Å²) in [5.74, 6) is 0. The molecule has 1 rings (SSSR count). The van der Waals surface area contributed by atoms with Gasteiger partial charge in [-0.1, -0.05) is 0 Å². The van der Waals surface area contributed by atoms with Gasteiger partial charge in [-0.05, 0) is 6.92 Å². The molecule has 0 aromatic carbocycles. The second-order valence-electron chi connectivity index (χ2n) is 2.67. The van der Waals surface area contributed by atoms with E-state index < -0.39 is 5.54 Å². The van der Waals surface area contributed by atoms with Crippen molar-refractivity contribution >= 4 is 0 Å². The molecule has 0 bridgehead atoms. The van der Waals surface area contributed by atoms with E-state index in [1.165, 1.54) is 0 Å². The predicted octanol–water partition coefficient (Wildman–Crippen LogP) is -0.357. The lowest BCUT2D eigenvalue weighted by Gasteiger charge is -2.19. The normalized spacial score (nSPS) is 15.9. The average molecular weight is 153 g/mol. The van der Waals surface area contributed by atoms with Crippen molar-refractivity contribution in [2.45, 2.75) is 12.5 Å². The Morgan fingerprint density at radius 3 is 2.82 bits per heavy atom. The number of aromatic nitrogens is 2. The maximum atomic E-state index is 8.85. The molecule has 0 saturated carbocycles. The van der Waals surface area contributed by atoms with Crippen LogP contribution in [-0.2, 0) is 5.54 Å². The topological polar surface area (TPSA) is 72.0 Å². The van der Waals surface area contributed by atoms with Gasteiger partial charge in [-0.15, -0.1) is 0 Å². The van der Waals surface area contributed by atoms with Crippen LogP contribution in [0.1, 0.15) is 12.6 Å². The smallest absolute Gasteiger partial charge is 0.0805 e. The molecule has 1 heterocycles. The van der Waals surface area contributed by atoms with Crippen molar-refractivity contribution in [2.75, 3.05) is 6.61 Å². The molecule has 0 aliphatic carbocycles. The highest BCUT2D eigenvalue weighted by molar-refractivity contribution is 5.08. The summed E-state index contributed by atoms with van der Waals surface area (Å²) >= 11 is 0. The zero-order valence-corrected chi connectivity index (χ0v) is 6.36. The molecular formula is C7H11N3O. The molecule has 60 valence electrons. The third-order valence-corrected chi connectivity index (χ3v) is 1.48. The highest BCUT2D eigenvalue weighted by Crippen LogP contribution is 2.11. The fourth-order valence-corrected chi connectivity index (χ4v) is 0.675. The molecule has 0 spiro atoms. The van der Waals surface area contributed by atoms with E-state index in [4.69, 9.17) is 10.8 Å². The monoisotopic (exact) mass is 153 g/mol. The van der Waals surface area contributed by atoms with Gasteiger partial charge in [0.2, 0.25) is 0 Å². The van der Waals surface area contributed by atoms with Gasteiger partial charge >= 0.3 is 0 Å². The highest BCUT2D eigenvalue weighted by atomic mass is 16.3. The Bertz CT molecular complexity index is 222. The molecule has 1 aromatic heterocycles. The fraction of sp³-hybridized carbons (Fsp3) is 0.429. The number of aliphatic hydroxyl groups excluding tert-OH is 1. The first-order chi connectivity index (χ1) is 5.17. The lowest BCUT2D eigenvalue weighted by Crippen LogP contribution is -2.37. The number of hydrogen-bond donors (Lipinski definition) is 2. The van der Waals surface area contributed by atoms with E-state index in [0.717, 1.165) is 0 Å². The molecule has 11 heavy (non-hydrogen) atoms. The molecule has 4 nitrogen and oxygen atoms in total. The van der Waals surface area contributed by atoms with Crippen molar-refractivity contribution in [3.63, 3.8) is 0 Å². The zero-order chi connectivity index (χ0) is 8.32. The Hall–Kier alpha value is -1.00. The summed E-state index contributed by atoms with van der Waals surface area (Å²) in [7, 11) is 0. The van der Waals surface area contributed by atoms with Gasteiger partial charge in [0.25, 0.3) is 0 Å². The van der Waals surface area contributed by atoms with Crippen molar-refractivity contribution in [3.8, 4) is 0 Å². The van der Waals surface area contributed by atoms with Gasteiger partial charge in [0.1, 0.15) is 0 Å². The van der Waals surface area contributed by atoms with Crippen LogP contribution >= 0.6 is 0 Å². The number of aliphatic hydroxyl groups is 1. The lowest BCUT2D eigenvalue weighted by atomic mass is 10.0. The van der Waals surface area contributed by atoms with Crippen LogP contribution in [0.15, 0.2) is 18.6 Å². The molecule has 1 atom stereocenters. The minimum Gasteiger partial charge on any atom is -0.394 e. The fourth-order valence-electron chi connectivity index (χ4n) is 0.675. The van der Waals surface area contributed by atoms with E-state index in [1.807, 2.05) is 0 Å². The van der Waals surface area contributed by atoms with Crippen LogP contribution in [0.25, 0.3) is 0 Å². The van der Waals surface area contributed by atoms with Crippen LogP contribution in [-0.4, -0.2) is 21.7 Å². The molecule has 0 amide bonds. The standard InChI is InChI=1S/C7H11N3O/c1-7(8,5-11)6-4-9-2-3-10-6/h2-4,11H,5,8H2,1H3. The molecule has 0 aliphatic rings. The highest BCUT2D eigenvalue weighted by Gasteiger charge is 2.21. The molecule has 4 heteroatoms. The summed E-state index contributed by atoms with van der Waals surface area (Å²) in [4.78, 5) is 7.82. The van der Waals surface area contributed by atoms with Crippen LogP contribution in [0.3, 0.4) is 0 Å². The van der Waals surface area contributed by atoms with E-state index in [2.05, 4.69) is 9.97 Å². The van der Waals surface area contributed by atoms with Crippen LogP contribution in [0.4, 0.5) is 0 Å². The average Bonchev–Trinajstić information content (AvgIpc) is 2.06. The van der Waals surface area contributed by atoms with E-state index in [9.17, 15) is 0 Å². The maximum absolute atomic E-state index is 8.85. The van der Waals surface area contributed by atoms with E-state index in [1.54, 1.807) is 25.5 Å². The second-order valence-corrected chi connectivity index (χ2v) is 2.67. The molecule has 1 unspecified atom stereocenters. The van der Waals surface area contributed by atoms with Crippen LogP contribution < -0.4 is 5.73 Å². The third kappa shape index (κ3) is 1.72. The maximum Gasteiger partial charge on any atom is 0.0805 e. The number of rotatable bonds is 2. The third-order valence-electron chi connectivity index (χ3n) is 1.48. The first kappa shape index (κ1) is 8.10. The van der Waals surface area contributed by atoms with Gasteiger partial charge in [0.05, 0.1) is 24.0 Å². The van der Waals surface area contributed by atoms with Gasteiger partial charge in [0, 0.05) is 12.4 Å². The van der Waals surface area contributed by atoms with Crippen LogP contribution in [0.5, 0.6) is 0 Å². The number of hydrogen-bond acceptors (Lipinski definition) is 4. The minimum absolute atomic E-state index is 0.133. The number of nitrogens with two attached hydrogens (primary N) is 1. The Balaban J connectivity index is 2.93. The van der Waals surface area contributed by atoms with Crippen molar-refractivity contribution in [1.29, 1.82) is 0 Å². The van der Waals surface area contributed by atoms with Gasteiger partial charge < -0.3 is 10.8 Å². The van der Waals surface area contributed by atoms with Gasteiger partial charge in [-0.25, -0.2) is 0 Å². The van der Waals surface area contributed by atoms with Crippen LogP contribution in [0.2, 0.25) is 0 Å². The molecule has 0 fully saturated rings. The first-order valence-electron chi connectivity index (χ1n) is 3.33. The Kier molecular flexibility index (Phi) is 2.16. The summed E-state index contributed by atoms with van der Waals surface area (Å²) in [6.45, 7) is 1.57. The SMILES string of the molecule is CC(N)(CO)c1cnccn1. The lowest BCUT2D eigenvalue weighted by molar-refractivity contribution is 0.206. The summed E-state index contributed by atoms with van der Waals surface area (Å²) in [5, 5.41) is 8.85. The summed E-state index contributed by atoms with van der Waals surface area (Å²) in [6, 6.07) is 0. The van der Waals surface area contributed by atoms with Crippen molar-refractivity contribution in [2.24, 2.45) is 5.73 Å². The molecule has 0 saturated heterocycles. The molecule has 1 aromatic rings. The van der Waals surface area contributed by atoms with E-state index >= 15 is 0 Å². The number of nitrogens with zero attached hydrogens (tertiary/aromatic N) is 2. The first-order valence-corrected chi connectivity index (χ1v) is 3.33. The zero-order valence-electron chi connectivity index (χ0n) is 6.36. The second kappa shape index (κ2) is 2.94. The summed E-state index contributed by atoms with van der Waals surface area (Å²) < 4.78 is 0. The van der Waals surface area contributed by atoms with Gasteiger partial charge in [0.15, 0.2) is 0 Å². The molecule has 0 radical (unpaired) electrons. The van der Waals surface area contributed by atoms with Gasteiger partial charge in [-0.2, -0.15) is 0 Å². The summed E-state index contributed by atoms with van der Waals surface area (Å²) in [5.41, 5.74) is 5.50. The molecular weight excluding hydrogens is 142 g/mol. The molecule has 3 N–H and O–H groups in total. The minimum atomic E-state index is -0.783. The van der Waals surface area contributed by atoms with Crippen LogP contribution in [0, 0.1) is 0 Å². The van der Waals surface area contributed by atoms with Crippen molar-refractivity contribution < 1.29 is 5.11 Å². The van der Waals surface area contributed by atoms with E-state index in [-0.39, 0.29) is 6.61 Å². The van der Waals surface area contributed by atoms with E-state index in [0.29, 0.717) is 5.69 Å². The quantitative estimate of drug-likeness (QED) is 0.608. The van der Waals surface area contributed by atoms with Gasteiger partial charge in [-0.3, -0.25) is 9.97 Å². The van der Waals surface area contributed by atoms with Crippen molar-refractivity contribution in [1.82, 2.24) is 9.97 Å². The Morgan fingerprint density at radius 1 is 1.64 bits per heavy atom. The molecule has 0 aliphatic heterocycles. The largest absolute Gasteiger partial charge is 0.394 e. The summed E-state index contributed by atoms with van der Waals surface area (Å²) in [6.07, 6.45) is 4.67. The van der Waals surface area contributed by atoms with Crippen molar-refractivity contribution in [3.05, 3.63) is 24.3 Å². The predicted molar refractivity (Wildman–Crippen MR) is 40.7 cm³/mol.